The zero-order valence-corrected chi connectivity index (χ0v) is 6.61. The summed E-state index contributed by atoms with van der Waals surface area (Å²) in [5.41, 5.74) is 0. The fraction of sp³-hybridized carbons (Fsp3) is 0.857. The number of esters is 1. The van der Waals surface area contributed by atoms with Crippen LogP contribution in [0.3, 0.4) is 0 Å². The second-order valence-electron chi connectivity index (χ2n) is 2.66. The summed E-state index contributed by atoms with van der Waals surface area (Å²) < 4.78 is 9.56. The lowest BCUT2D eigenvalue weighted by Crippen LogP contribution is -2.21. The largest absolute Gasteiger partial charge is 0.467 e. The molecule has 0 bridgehead atoms. The second kappa shape index (κ2) is 3.19. The fourth-order valence-electron chi connectivity index (χ4n) is 1.10. The van der Waals surface area contributed by atoms with E-state index in [1.807, 2.05) is 0 Å². The van der Waals surface area contributed by atoms with E-state index in [2.05, 4.69) is 4.74 Å². The van der Waals surface area contributed by atoms with Crippen LogP contribution < -0.4 is 0 Å². The molecular formula is C7H12O4. The molecule has 0 unspecified atom stereocenters. The zero-order valence-electron chi connectivity index (χ0n) is 6.61. The van der Waals surface area contributed by atoms with Crippen LogP contribution in [0.15, 0.2) is 0 Å². The maximum Gasteiger partial charge on any atom is 0.335 e. The minimum Gasteiger partial charge on any atom is -0.467 e. The van der Waals surface area contributed by atoms with Crippen molar-refractivity contribution in [2.45, 2.75) is 31.7 Å². The van der Waals surface area contributed by atoms with Crippen molar-refractivity contribution < 1.29 is 19.4 Å². The molecule has 1 heterocycles. The number of hydrogen-bond donors (Lipinski definition) is 1. The fourth-order valence-corrected chi connectivity index (χ4v) is 1.10. The highest BCUT2D eigenvalue weighted by Gasteiger charge is 2.35. The topological polar surface area (TPSA) is 55.8 Å². The van der Waals surface area contributed by atoms with Gasteiger partial charge in [0.25, 0.3) is 0 Å². The average Bonchev–Trinajstić information content (AvgIpc) is 2.31. The van der Waals surface area contributed by atoms with E-state index in [1.54, 1.807) is 6.92 Å². The lowest BCUT2D eigenvalue weighted by atomic mass is 10.1. The van der Waals surface area contributed by atoms with Gasteiger partial charge in [0, 0.05) is 6.42 Å². The molecule has 3 atom stereocenters. The SMILES string of the molecule is COC(=O)[C@@H]1C[C@H](O)[C@@H](C)O1. The van der Waals surface area contributed by atoms with Crippen LogP contribution in [-0.4, -0.2) is 36.5 Å². The Kier molecular flexibility index (Phi) is 2.46. The molecule has 0 aliphatic carbocycles. The van der Waals surface area contributed by atoms with Crippen molar-refractivity contribution in [1.29, 1.82) is 0 Å². The van der Waals surface area contributed by atoms with Crippen molar-refractivity contribution in [1.82, 2.24) is 0 Å². The Bertz CT molecular complexity index is 147. The van der Waals surface area contributed by atoms with Gasteiger partial charge in [-0.05, 0) is 6.92 Å². The summed E-state index contributed by atoms with van der Waals surface area (Å²) in [7, 11) is 1.31. The van der Waals surface area contributed by atoms with E-state index in [-0.39, 0.29) is 6.10 Å². The van der Waals surface area contributed by atoms with Crippen LogP contribution in [0.4, 0.5) is 0 Å². The third-order valence-electron chi connectivity index (χ3n) is 1.84. The molecule has 1 saturated heterocycles. The molecule has 4 nitrogen and oxygen atoms in total. The standard InChI is InChI=1S/C7H12O4/c1-4-5(8)3-6(11-4)7(9)10-2/h4-6,8H,3H2,1-2H3/t4-,5+,6+/m1/s1. The number of ether oxygens (including phenoxy) is 2. The quantitative estimate of drug-likeness (QED) is 0.535. The second-order valence-corrected chi connectivity index (χ2v) is 2.66. The Labute approximate surface area is 65.1 Å². The summed E-state index contributed by atoms with van der Waals surface area (Å²) in [4.78, 5) is 10.8. The molecule has 4 heteroatoms. The van der Waals surface area contributed by atoms with Gasteiger partial charge in [0.2, 0.25) is 0 Å². The van der Waals surface area contributed by atoms with Gasteiger partial charge < -0.3 is 14.6 Å². The van der Waals surface area contributed by atoms with E-state index in [4.69, 9.17) is 4.74 Å². The zero-order chi connectivity index (χ0) is 8.43. The van der Waals surface area contributed by atoms with Gasteiger partial charge in [-0.3, -0.25) is 0 Å². The summed E-state index contributed by atoms with van der Waals surface area (Å²) >= 11 is 0. The van der Waals surface area contributed by atoms with Gasteiger partial charge in [-0.2, -0.15) is 0 Å². The van der Waals surface area contributed by atoms with Gasteiger partial charge in [-0.1, -0.05) is 0 Å². The number of hydrogen-bond acceptors (Lipinski definition) is 4. The van der Waals surface area contributed by atoms with E-state index < -0.39 is 18.2 Å². The summed E-state index contributed by atoms with van der Waals surface area (Å²) in [6, 6.07) is 0. The van der Waals surface area contributed by atoms with Gasteiger partial charge >= 0.3 is 5.97 Å². The van der Waals surface area contributed by atoms with E-state index >= 15 is 0 Å². The van der Waals surface area contributed by atoms with Crippen molar-refractivity contribution in [2.75, 3.05) is 7.11 Å². The molecule has 1 N–H and O–H groups in total. The van der Waals surface area contributed by atoms with Crippen LogP contribution >= 0.6 is 0 Å². The van der Waals surface area contributed by atoms with Gasteiger partial charge in [-0.25, -0.2) is 4.79 Å². The Morgan fingerprint density at radius 1 is 1.73 bits per heavy atom. The van der Waals surface area contributed by atoms with Crippen molar-refractivity contribution in [2.24, 2.45) is 0 Å². The number of carbonyl (C=O) groups excluding carboxylic acids is 1. The molecule has 0 radical (unpaired) electrons. The summed E-state index contributed by atoms with van der Waals surface area (Å²) in [6.45, 7) is 1.73. The third kappa shape index (κ3) is 1.70. The Balaban J connectivity index is 2.46. The Morgan fingerprint density at radius 2 is 2.36 bits per heavy atom. The first kappa shape index (κ1) is 8.49. The van der Waals surface area contributed by atoms with Crippen LogP contribution in [0.1, 0.15) is 13.3 Å². The molecule has 1 aliphatic heterocycles. The monoisotopic (exact) mass is 160 g/mol. The first-order valence-corrected chi connectivity index (χ1v) is 3.56. The van der Waals surface area contributed by atoms with Crippen LogP contribution in [0.25, 0.3) is 0 Å². The first-order chi connectivity index (χ1) is 5.15. The van der Waals surface area contributed by atoms with Crippen LogP contribution in [0.5, 0.6) is 0 Å². The Hall–Kier alpha value is -0.610. The molecule has 11 heavy (non-hydrogen) atoms. The molecule has 0 aromatic rings. The lowest BCUT2D eigenvalue weighted by Gasteiger charge is -2.07. The van der Waals surface area contributed by atoms with Crippen molar-refractivity contribution in [3.05, 3.63) is 0 Å². The van der Waals surface area contributed by atoms with Gasteiger partial charge in [-0.15, -0.1) is 0 Å². The lowest BCUT2D eigenvalue weighted by molar-refractivity contribution is -0.152. The number of aliphatic hydroxyl groups is 1. The maximum atomic E-state index is 10.8. The Morgan fingerprint density at radius 3 is 2.73 bits per heavy atom. The van der Waals surface area contributed by atoms with E-state index in [1.165, 1.54) is 7.11 Å². The molecule has 1 aliphatic rings. The predicted molar refractivity (Wildman–Crippen MR) is 37.0 cm³/mol. The van der Waals surface area contributed by atoms with Crippen molar-refractivity contribution >= 4 is 5.97 Å². The van der Waals surface area contributed by atoms with E-state index in [0.29, 0.717) is 6.42 Å². The molecule has 0 saturated carbocycles. The molecule has 0 aromatic carbocycles. The molecule has 64 valence electrons. The van der Waals surface area contributed by atoms with Crippen LogP contribution in [0.2, 0.25) is 0 Å². The number of methoxy groups -OCH3 is 1. The van der Waals surface area contributed by atoms with Gasteiger partial charge in [0.05, 0.1) is 19.3 Å². The third-order valence-corrected chi connectivity index (χ3v) is 1.84. The predicted octanol–water partition coefficient (Wildman–Crippen LogP) is -0.302. The van der Waals surface area contributed by atoms with Crippen molar-refractivity contribution in [3.8, 4) is 0 Å². The first-order valence-electron chi connectivity index (χ1n) is 3.56. The highest BCUT2D eigenvalue weighted by Crippen LogP contribution is 2.20. The minimum absolute atomic E-state index is 0.265. The van der Waals surface area contributed by atoms with E-state index in [0.717, 1.165) is 0 Å². The molecule has 0 aromatic heterocycles. The summed E-state index contributed by atoms with van der Waals surface area (Å²) in [6.07, 6.45) is -1.04. The molecule has 0 amide bonds. The highest BCUT2D eigenvalue weighted by atomic mass is 16.6. The number of aliphatic hydroxyl groups excluding tert-OH is 1. The van der Waals surface area contributed by atoms with Crippen molar-refractivity contribution in [3.63, 3.8) is 0 Å². The molecule has 0 spiro atoms. The minimum atomic E-state index is -0.579. The molecular weight excluding hydrogens is 148 g/mol. The van der Waals surface area contributed by atoms with E-state index in [9.17, 15) is 9.90 Å². The number of carbonyl (C=O) groups is 1. The van der Waals surface area contributed by atoms with Crippen LogP contribution in [-0.2, 0) is 14.3 Å². The molecule has 1 rings (SSSR count). The average molecular weight is 160 g/mol. The highest BCUT2D eigenvalue weighted by molar-refractivity contribution is 5.74. The van der Waals surface area contributed by atoms with Gasteiger partial charge in [0.15, 0.2) is 6.10 Å². The normalized spacial score (nSPS) is 37.2. The smallest absolute Gasteiger partial charge is 0.335 e. The summed E-state index contributed by atoms with van der Waals surface area (Å²) in [5, 5.41) is 9.18. The maximum absolute atomic E-state index is 10.8. The van der Waals surface area contributed by atoms with Gasteiger partial charge in [0.1, 0.15) is 0 Å². The van der Waals surface area contributed by atoms with Crippen LogP contribution in [0, 0.1) is 0 Å². The molecule has 1 fully saturated rings. The number of rotatable bonds is 1. The summed E-state index contributed by atoms with van der Waals surface area (Å²) in [5.74, 6) is -0.409.